The van der Waals surface area contributed by atoms with E-state index in [2.05, 4.69) is 102 Å². The molecule has 4 rings (SSSR count). The fourth-order valence-electron chi connectivity index (χ4n) is 3.40. The van der Waals surface area contributed by atoms with Gasteiger partial charge in [-0.25, -0.2) is 0 Å². The van der Waals surface area contributed by atoms with Crippen LogP contribution in [0, 0.1) is 0 Å². The first-order chi connectivity index (χ1) is 11.1. The molecule has 4 nitrogen and oxygen atoms in total. The highest BCUT2D eigenvalue weighted by Gasteiger charge is 2.29. The van der Waals surface area contributed by atoms with E-state index >= 15 is 0 Å². The van der Waals surface area contributed by atoms with E-state index in [1.165, 1.54) is 22.7 Å². The van der Waals surface area contributed by atoms with Crippen molar-refractivity contribution in [1.82, 2.24) is 0 Å². The zero-order valence-corrected chi connectivity index (χ0v) is 13.9. The fourth-order valence-corrected chi connectivity index (χ4v) is 3.40. The van der Waals surface area contributed by atoms with Crippen LogP contribution in [0.2, 0.25) is 0 Å². The molecular weight excluding hydrogens is 284 g/mol. The molecule has 0 aromatic heterocycles. The number of para-hydroxylation sites is 4. The minimum atomic E-state index is 1.05. The average molecular weight is 304 g/mol. The Morgan fingerprint density at radius 2 is 0.783 bits per heavy atom. The SMILES string of the molecule is CN1C(=C=C2N(C)c3ccccc3N2C)N(C)c2ccccc21. The molecule has 2 aliphatic rings. The summed E-state index contributed by atoms with van der Waals surface area (Å²) in [6.45, 7) is 0. The van der Waals surface area contributed by atoms with E-state index in [9.17, 15) is 0 Å². The van der Waals surface area contributed by atoms with Gasteiger partial charge in [-0.15, -0.1) is 0 Å². The molecule has 0 N–H and O–H groups in total. The van der Waals surface area contributed by atoms with Crippen LogP contribution in [0.4, 0.5) is 22.7 Å². The number of rotatable bonds is 0. The number of benzene rings is 2. The number of anilines is 4. The quantitative estimate of drug-likeness (QED) is 0.691. The van der Waals surface area contributed by atoms with Gasteiger partial charge in [-0.05, 0) is 30.0 Å². The Balaban J connectivity index is 1.87. The maximum atomic E-state index is 3.61. The van der Waals surface area contributed by atoms with E-state index in [1.807, 2.05) is 0 Å². The Labute approximate surface area is 137 Å². The average Bonchev–Trinajstić information content (AvgIpc) is 2.97. The molecule has 0 fully saturated rings. The Morgan fingerprint density at radius 1 is 0.522 bits per heavy atom. The van der Waals surface area contributed by atoms with Gasteiger partial charge in [-0.3, -0.25) is 0 Å². The zero-order valence-electron chi connectivity index (χ0n) is 13.9. The van der Waals surface area contributed by atoms with E-state index < -0.39 is 0 Å². The predicted octanol–water partition coefficient (Wildman–Crippen LogP) is 3.44. The molecular formula is C19H20N4. The molecule has 116 valence electrons. The Kier molecular flexibility index (Phi) is 2.90. The first-order valence-corrected chi connectivity index (χ1v) is 7.73. The molecule has 0 radical (unpaired) electrons. The molecule has 0 saturated carbocycles. The predicted molar refractivity (Wildman–Crippen MR) is 97.0 cm³/mol. The van der Waals surface area contributed by atoms with Crippen molar-refractivity contribution in [3.63, 3.8) is 0 Å². The highest BCUT2D eigenvalue weighted by atomic mass is 15.4. The van der Waals surface area contributed by atoms with Gasteiger partial charge in [0.2, 0.25) is 0 Å². The Hall–Kier alpha value is -2.84. The van der Waals surface area contributed by atoms with Gasteiger partial charge < -0.3 is 19.6 Å². The summed E-state index contributed by atoms with van der Waals surface area (Å²) in [6, 6.07) is 16.9. The summed E-state index contributed by atoms with van der Waals surface area (Å²) in [7, 11) is 8.36. The molecule has 4 heteroatoms. The minimum Gasteiger partial charge on any atom is -0.322 e. The van der Waals surface area contributed by atoms with E-state index in [4.69, 9.17) is 0 Å². The molecule has 0 unspecified atom stereocenters. The van der Waals surface area contributed by atoms with Gasteiger partial charge >= 0.3 is 0 Å². The van der Waals surface area contributed by atoms with Gasteiger partial charge in [0.15, 0.2) is 11.6 Å². The van der Waals surface area contributed by atoms with Crippen molar-refractivity contribution in [3.8, 4) is 0 Å². The van der Waals surface area contributed by atoms with Crippen molar-refractivity contribution < 1.29 is 0 Å². The van der Waals surface area contributed by atoms with Gasteiger partial charge in [0, 0.05) is 28.2 Å². The number of fused-ring (bicyclic) bond motifs is 2. The highest BCUT2D eigenvalue weighted by molar-refractivity contribution is 5.84. The second kappa shape index (κ2) is 4.83. The molecule has 2 heterocycles. The zero-order chi connectivity index (χ0) is 16.1. The first-order valence-electron chi connectivity index (χ1n) is 7.73. The maximum absolute atomic E-state index is 3.61. The van der Waals surface area contributed by atoms with E-state index in [0.717, 1.165) is 11.6 Å². The topological polar surface area (TPSA) is 13.0 Å². The largest absolute Gasteiger partial charge is 0.322 e. The van der Waals surface area contributed by atoms with Crippen molar-refractivity contribution in [2.24, 2.45) is 0 Å². The van der Waals surface area contributed by atoms with Gasteiger partial charge in [0.1, 0.15) is 0 Å². The highest BCUT2D eigenvalue weighted by Crippen LogP contribution is 2.41. The van der Waals surface area contributed by atoms with Crippen LogP contribution in [-0.2, 0) is 0 Å². The summed E-state index contributed by atoms with van der Waals surface area (Å²) in [4.78, 5) is 8.75. The van der Waals surface area contributed by atoms with Crippen LogP contribution in [0.3, 0.4) is 0 Å². The van der Waals surface area contributed by atoms with Gasteiger partial charge in [0.05, 0.1) is 22.7 Å². The van der Waals surface area contributed by atoms with Crippen molar-refractivity contribution in [1.29, 1.82) is 0 Å². The van der Waals surface area contributed by atoms with Crippen molar-refractivity contribution in [2.45, 2.75) is 0 Å². The minimum absolute atomic E-state index is 1.05. The second-order valence-electron chi connectivity index (χ2n) is 5.99. The summed E-state index contributed by atoms with van der Waals surface area (Å²) >= 11 is 0. The molecule has 0 bridgehead atoms. The van der Waals surface area contributed by atoms with Gasteiger partial charge in [-0.2, -0.15) is 0 Å². The lowest BCUT2D eigenvalue weighted by atomic mass is 10.3. The van der Waals surface area contributed by atoms with Gasteiger partial charge in [-0.1, -0.05) is 24.3 Å². The lowest BCUT2D eigenvalue weighted by Gasteiger charge is -2.19. The fraction of sp³-hybridized carbons (Fsp3) is 0.211. The maximum Gasteiger partial charge on any atom is 0.161 e. The molecule has 2 aliphatic heterocycles. The van der Waals surface area contributed by atoms with Crippen LogP contribution in [0.15, 0.2) is 65.9 Å². The van der Waals surface area contributed by atoms with E-state index in [-0.39, 0.29) is 0 Å². The third kappa shape index (κ3) is 1.85. The molecule has 0 atom stereocenters. The standard InChI is InChI=1S/C19H20N4/c1-20-14-9-5-6-10-15(14)21(2)18(20)13-19-22(3)16-11-7-8-12-17(16)23(19)4/h5-12H,1-4H3. The first kappa shape index (κ1) is 13.8. The summed E-state index contributed by atoms with van der Waals surface area (Å²) in [5, 5.41) is 0. The van der Waals surface area contributed by atoms with Crippen molar-refractivity contribution in [3.05, 3.63) is 65.9 Å². The van der Waals surface area contributed by atoms with Crippen molar-refractivity contribution in [2.75, 3.05) is 47.8 Å². The molecule has 23 heavy (non-hydrogen) atoms. The Morgan fingerprint density at radius 3 is 1.04 bits per heavy atom. The van der Waals surface area contributed by atoms with E-state index in [1.54, 1.807) is 0 Å². The van der Waals surface area contributed by atoms with Crippen LogP contribution < -0.4 is 19.6 Å². The van der Waals surface area contributed by atoms with Gasteiger partial charge in [0.25, 0.3) is 0 Å². The van der Waals surface area contributed by atoms with Crippen LogP contribution in [0.1, 0.15) is 0 Å². The summed E-state index contributed by atoms with van der Waals surface area (Å²) < 4.78 is 0. The number of hydrogen-bond acceptors (Lipinski definition) is 4. The monoisotopic (exact) mass is 304 g/mol. The smallest absolute Gasteiger partial charge is 0.161 e. The third-order valence-corrected chi connectivity index (χ3v) is 4.70. The molecule has 2 aromatic rings. The normalized spacial score (nSPS) is 16.0. The molecule has 0 spiro atoms. The summed E-state index contributed by atoms with van der Waals surface area (Å²) in [6.07, 6.45) is 0. The lowest BCUT2D eigenvalue weighted by molar-refractivity contribution is 1.01. The lowest BCUT2D eigenvalue weighted by Crippen LogP contribution is -2.25. The van der Waals surface area contributed by atoms with Crippen LogP contribution in [0.25, 0.3) is 0 Å². The summed E-state index contributed by atoms with van der Waals surface area (Å²) in [5.41, 5.74) is 8.44. The molecule has 0 aliphatic carbocycles. The summed E-state index contributed by atoms with van der Waals surface area (Å²) in [5.74, 6) is 2.10. The van der Waals surface area contributed by atoms with E-state index in [0.29, 0.717) is 0 Å². The number of hydrogen-bond donors (Lipinski definition) is 0. The molecule has 0 amide bonds. The van der Waals surface area contributed by atoms with Crippen LogP contribution in [0.5, 0.6) is 0 Å². The second-order valence-corrected chi connectivity index (χ2v) is 5.99. The third-order valence-electron chi connectivity index (χ3n) is 4.70. The molecule has 0 saturated heterocycles. The van der Waals surface area contributed by atoms with Crippen molar-refractivity contribution >= 4 is 22.7 Å². The van der Waals surface area contributed by atoms with Crippen LogP contribution >= 0.6 is 0 Å². The number of nitrogens with zero attached hydrogens (tertiary/aromatic N) is 4. The van der Waals surface area contributed by atoms with Crippen LogP contribution in [-0.4, -0.2) is 28.2 Å². The molecule has 2 aromatic carbocycles. The Bertz CT molecular complexity index is 718.